The molecule has 0 heterocycles. The fourth-order valence-corrected chi connectivity index (χ4v) is 2.21. The molecule has 132 valence electrons. The average molecular weight is 351 g/mol. The molecule has 0 saturated carbocycles. The van der Waals surface area contributed by atoms with Crippen LogP contribution in [0.5, 0.6) is 5.75 Å². The van der Waals surface area contributed by atoms with Crippen LogP contribution in [-0.4, -0.2) is 17.8 Å². The van der Waals surface area contributed by atoms with Crippen molar-refractivity contribution >= 4 is 23.5 Å². The van der Waals surface area contributed by atoms with Gasteiger partial charge in [0.1, 0.15) is 12.2 Å². The average Bonchev–Trinajstić information content (AvgIpc) is 2.60. The van der Waals surface area contributed by atoms with E-state index in [0.717, 1.165) is 0 Å². The molecular weight excluding hydrogens is 334 g/mol. The summed E-state index contributed by atoms with van der Waals surface area (Å²) in [7, 11) is 0. The predicted octanol–water partition coefficient (Wildman–Crippen LogP) is 2.39. The van der Waals surface area contributed by atoms with Gasteiger partial charge < -0.3 is 15.4 Å². The van der Waals surface area contributed by atoms with Gasteiger partial charge in [-0.2, -0.15) is 5.26 Å². The first kappa shape index (κ1) is 18.7. The van der Waals surface area contributed by atoms with Crippen molar-refractivity contribution in [2.45, 2.75) is 19.9 Å². The van der Waals surface area contributed by atoms with Crippen molar-refractivity contribution in [3.8, 4) is 11.8 Å². The molecule has 0 aliphatic heterocycles. The van der Waals surface area contributed by atoms with E-state index < -0.39 is 11.9 Å². The minimum Gasteiger partial charge on any atom is -0.427 e. The molecule has 7 nitrogen and oxygen atoms in total. The molecule has 26 heavy (non-hydrogen) atoms. The van der Waals surface area contributed by atoms with Crippen molar-refractivity contribution in [1.82, 2.24) is 5.32 Å². The first-order valence-corrected chi connectivity index (χ1v) is 7.81. The van der Waals surface area contributed by atoms with Crippen LogP contribution in [0.25, 0.3) is 0 Å². The number of esters is 1. The summed E-state index contributed by atoms with van der Waals surface area (Å²) in [6, 6.07) is 15.0. The fraction of sp³-hybridized carbons (Fsp3) is 0.158. The number of para-hydroxylation sites is 1. The molecule has 2 aromatic carbocycles. The Kier molecular flexibility index (Phi) is 6.46. The summed E-state index contributed by atoms with van der Waals surface area (Å²) >= 11 is 0. The first-order valence-electron chi connectivity index (χ1n) is 7.81. The Balaban J connectivity index is 2.05. The van der Waals surface area contributed by atoms with Crippen molar-refractivity contribution in [3.05, 3.63) is 59.7 Å². The molecule has 0 radical (unpaired) electrons. The van der Waals surface area contributed by atoms with Crippen LogP contribution in [0.2, 0.25) is 0 Å². The Hall–Kier alpha value is -3.66. The van der Waals surface area contributed by atoms with Gasteiger partial charge in [-0.1, -0.05) is 24.3 Å². The zero-order chi connectivity index (χ0) is 18.9. The Labute approximate surface area is 150 Å². The topological polar surface area (TPSA) is 108 Å². The van der Waals surface area contributed by atoms with Crippen LogP contribution in [0, 0.1) is 11.3 Å². The molecule has 2 N–H and O–H groups in total. The van der Waals surface area contributed by atoms with Crippen LogP contribution >= 0.6 is 0 Å². The number of carbonyl (C=O) groups is 3. The number of nitrogens with one attached hydrogen (secondary N) is 2. The second-order valence-corrected chi connectivity index (χ2v) is 5.34. The van der Waals surface area contributed by atoms with Crippen molar-refractivity contribution in [2.24, 2.45) is 0 Å². The third kappa shape index (κ3) is 5.46. The molecule has 0 atom stereocenters. The van der Waals surface area contributed by atoms with Gasteiger partial charge in [-0.15, -0.1) is 0 Å². The summed E-state index contributed by atoms with van der Waals surface area (Å²) < 4.78 is 4.96. The zero-order valence-corrected chi connectivity index (χ0v) is 14.1. The van der Waals surface area contributed by atoms with Crippen LogP contribution in [0.4, 0.5) is 5.69 Å². The number of anilines is 1. The molecule has 0 spiro atoms. The molecule has 0 unspecified atom stereocenters. The molecule has 0 saturated heterocycles. The van der Waals surface area contributed by atoms with Gasteiger partial charge in [0.25, 0.3) is 5.91 Å². The number of carbonyl (C=O) groups excluding carboxylic acids is 3. The van der Waals surface area contributed by atoms with E-state index in [4.69, 9.17) is 10.00 Å². The summed E-state index contributed by atoms with van der Waals surface area (Å²) in [6.07, 6.45) is -0.246. The van der Waals surface area contributed by atoms with Crippen molar-refractivity contribution in [3.63, 3.8) is 0 Å². The summed E-state index contributed by atoms with van der Waals surface area (Å²) in [5.74, 6) is -0.948. The third-order valence-corrected chi connectivity index (χ3v) is 3.33. The van der Waals surface area contributed by atoms with Gasteiger partial charge in [-0.05, 0) is 29.8 Å². The summed E-state index contributed by atoms with van der Waals surface area (Å²) in [6.45, 7) is 1.46. The van der Waals surface area contributed by atoms with Gasteiger partial charge in [-0.25, -0.2) is 0 Å². The van der Waals surface area contributed by atoms with Crippen molar-refractivity contribution in [1.29, 1.82) is 5.26 Å². The maximum atomic E-state index is 12.3. The molecule has 0 aliphatic carbocycles. The number of hydrogen-bond acceptors (Lipinski definition) is 5. The molecule has 2 amide bonds. The predicted molar refractivity (Wildman–Crippen MR) is 94.2 cm³/mol. The monoisotopic (exact) mass is 351 g/mol. The Morgan fingerprint density at radius 1 is 1.12 bits per heavy atom. The van der Waals surface area contributed by atoms with Crippen LogP contribution in [0.1, 0.15) is 29.3 Å². The van der Waals surface area contributed by atoms with Crippen LogP contribution in [0.3, 0.4) is 0 Å². The first-order chi connectivity index (χ1) is 12.5. The number of benzene rings is 2. The van der Waals surface area contributed by atoms with Gasteiger partial charge in [0.2, 0.25) is 5.91 Å². The second kappa shape index (κ2) is 8.99. The maximum Gasteiger partial charge on any atom is 0.308 e. The smallest absolute Gasteiger partial charge is 0.308 e. The number of amides is 2. The maximum absolute atomic E-state index is 12.3. The lowest BCUT2D eigenvalue weighted by atomic mass is 10.1. The minimum atomic E-state index is -0.468. The lowest BCUT2D eigenvalue weighted by Gasteiger charge is -2.11. The van der Waals surface area contributed by atoms with Crippen LogP contribution in [-0.2, 0) is 16.1 Å². The Morgan fingerprint density at radius 2 is 1.88 bits per heavy atom. The van der Waals surface area contributed by atoms with E-state index in [1.807, 2.05) is 0 Å². The van der Waals surface area contributed by atoms with Gasteiger partial charge in [0.05, 0.1) is 6.07 Å². The highest BCUT2D eigenvalue weighted by Crippen LogP contribution is 2.16. The number of nitriles is 1. The molecule has 0 aliphatic rings. The van der Waals surface area contributed by atoms with E-state index in [1.165, 1.54) is 13.0 Å². The molecule has 2 rings (SSSR count). The van der Waals surface area contributed by atoms with Crippen LogP contribution < -0.4 is 15.4 Å². The summed E-state index contributed by atoms with van der Waals surface area (Å²) in [5, 5.41) is 13.9. The van der Waals surface area contributed by atoms with Gasteiger partial charge in [-0.3, -0.25) is 14.4 Å². The standard InChI is InChI=1S/C19H17N3O4/c1-13(23)26-16-7-4-6-14(11-16)19(25)21-12-15-5-2-3-8-17(15)22-18(24)9-10-20/h2-8,11H,9,12H2,1H3,(H,21,25)(H,22,24). The molecule has 2 aromatic rings. The van der Waals surface area contributed by atoms with Gasteiger partial charge >= 0.3 is 5.97 Å². The number of nitrogens with zero attached hydrogens (tertiary/aromatic N) is 1. The SMILES string of the molecule is CC(=O)Oc1cccc(C(=O)NCc2ccccc2NC(=O)CC#N)c1. The lowest BCUT2D eigenvalue weighted by molar-refractivity contribution is -0.131. The fourth-order valence-electron chi connectivity index (χ4n) is 2.21. The van der Waals surface area contributed by atoms with E-state index in [1.54, 1.807) is 48.5 Å². The van der Waals surface area contributed by atoms with Gasteiger partial charge in [0.15, 0.2) is 0 Å². The largest absolute Gasteiger partial charge is 0.427 e. The highest BCUT2D eigenvalue weighted by Gasteiger charge is 2.10. The second-order valence-electron chi connectivity index (χ2n) is 5.34. The third-order valence-electron chi connectivity index (χ3n) is 3.33. The molecular formula is C19H17N3O4. The van der Waals surface area contributed by atoms with E-state index in [9.17, 15) is 14.4 Å². The number of rotatable bonds is 6. The van der Waals surface area contributed by atoms with E-state index in [0.29, 0.717) is 16.8 Å². The van der Waals surface area contributed by atoms with Crippen molar-refractivity contribution < 1.29 is 19.1 Å². The number of ether oxygens (including phenoxy) is 1. The van der Waals surface area contributed by atoms with E-state index in [-0.39, 0.29) is 24.6 Å². The van der Waals surface area contributed by atoms with Crippen molar-refractivity contribution in [2.75, 3.05) is 5.32 Å². The molecule has 7 heteroatoms. The number of hydrogen-bond donors (Lipinski definition) is 2. The Bertz CT molecular complexity index is 871. The van der Waals surface area contributed by atoms with E-state index in [2.05, 4.69) is 10.6 Å². The zero-order valence-electron chi connectivity index (χ0n) is 14.1. The Morgan fingerprint density at radius 3 is 2.62 bits per heavy atom. The normalized spacial score (nSPS) is 9.69. The molecule has 0 bridgehead atoms. The van der Waals surface area contributed by atoms with Crippen LogP contribution in [0.15, 0.2) is 48.5 Å². The highest BCUT2D eigenvalue weighted by atomic mass is 16.5. The molecule has 0 aromatic heterocycles. The lowest BCUT2D eigenvalue weighted by Crippen LogP contribution is -2.24. The van der Waals surface area contributed by atoms with Gasteiger partial charge in [0, 0.05) is 24.7 Å². The summed E-state index contributed by atoms with van der Waals surface area (Å²) in [5.41, 5.74) is 1.57. The minimum absolute atomic E-state index is 0.180. The highest BCUT2D eigenvalue weighted by molar-refractivity contribution is 5.95. The molecule has 0 fully saturated rings. The quantitative estimate of drug-likeness (QED) is 0.614. The van der Waals surface area contributed by atoms with E-state index >= 15 is 0 Å². The summed E-state index contributed by atoms with van der Waals surface area (Å²) in [4.78, 5) is 34.9.